The zero-order valence-corrected chi connectivity index (χ0v) is 12.7. The Kier molecular flexibility index (Phi) is 6.03. The molecule has 1 aromatic carbocycles. The van der Waals surface area contributed by atoms with E-state index in [1.807, 2.05) is 12.1 Å². The molecule has 20 heavy (non-hydrogen) atoms. The standard InChI is InChI=1S/C15H24N4O/c1-5-11(2)12-6-8-13(9-7-12)18-15(16)17-10-14(20)19(3)4/h6-9,11H,5,10H2,1-4H3,(H3,16,17,18). The van der Waals surface area contributed by atoms with Crippen LogP contribution in [-0.2, 0) is 4.79 Å². The van der Waals surface area contributed by atoms with Crippen molar-refractivity contribution in [3.8, 4) is 0 Å². The molecular formula is C15H24N4O. The Balaban J connectivity index is 2.60. The SMILES string of the molecule is CCC(C)c1ccc(NC(N)=NCC(=O)N(C)C)cc1. The highest BCUT2D eigenvalue weighted by atomic mass is 16.2. The van der Waals surface area contributed by atoms with Crippen LogP contribution in [0.1, 0.15) is 31.7 Å². The van der Waals surface area contributed by atoms with Crippen LogP contribution in [0.3, 0.4) is 0 Å². The van der Waals surface area contributed by atoms with Gasteiger partial charge in [-0.05, 0) is 30.0 Å². The summed E-state index contributed by atoms with van der Waals surface area (Å²) in [6, 6.07) is 8.10. The molecule has 0 bridgehead atoms. The first-order valence-corrected chi connectivity index (χ1v) is 6.81. The zero-order chi connectivity index (χ0) is 15.1. The second-order valence-electron chi connectivity index (χ2n) is 5.05. The van der Waals surface area contributed by atoms with Crippen LogP contribution < -0.4 is 11.1 Å². The maximum atomic E-state index is 11.4. The number of carbonyl (C=O) groups is 1. The molecule has 0 aromatic heterocycles. The normalized spacial score (nSPS) is 12.9. The van der Waals surface area contributed by atoms with E-state index in [4.69, 9.17) is 5.73 Å². The van der Waals surface area contributed by atoms with Gasteiger partial charge in [0.15, 0.2) is 5.96 Å². The molecule has 5 heteroatoms. The Hall–Kier alpha value is -2.04. The summed E-state index contributed by atoms with van der Waals surface area (Å²) in [5, 5.41) is 2.98. The van der Waals surface area contributed by atoms with Gasteiger partial charge in [0.25, 0.3) is 0 Å². The van der Waals surface area contributed by atoms with Gasteiger partial charge in [-0.15, -0.1) is 0 Å². The van der Waals surface area contributed by atoms with Crippen LogP contribution in [0.2, 0.25) is 0 Å². The Morgan fingerprint density at radius 1 is 1.35 bits per heavy atom. The summed E-state index contributed by atoms with van der Waals surface area (Å²) in [4.78, 5) is 16.9. The first kappa shape index (κ1) is 16.0. The predicted molar refractivity (Wildman–Crippen MR) is 84.0 cm³/mol. The molecule has 1 unspecified atom stereocenters. The van der Waals surface area contributed by atoms with E-state index in [0.717, 1.165) is 12.1 Å². The van der Waals surface area contributed by atoms with Gasteiger partial charge < -0.3 is 16.0 Å². The first-order chi connectivity index (χ1) is 9.43. The van der Waals surface area contributed by atoms with E-state index in [0.29, 0.717) is 5.92 Å². The van der Waals surface area contributed by atoms with Gasteiger partial charge in [-0.3, -0.25) is 4.79 Å². The van der Waals surface area contributed by atoms with E-state index in [9.17, 15) is 4.79 Å². The van der Waals surface area contributed by atoms with Gasteiger partial charge in [0, 0.05) is 19.8 Å². The highest BCUT2D eigenvalue weighted by Gasteiger charge is 2.04. The fourth-order valence-electron chi connectivity index (χ4n) is 1.61. The third kappa shape index (κ3) is 4.91. The number of anilines is 1. The van der Waals surface area contributed by atoms with Gasteiger partial charge in [0.05, 0.1) is 0 Å². The number of likely N-dealkylation sites (N-methyl/N-ethyl adjacent to an activating group) is 1. The second-order valence-corrected chi connectivity index (χ2v) is 5.05. The largest absolute Gasteiger partial charge is 0.370 e. The van der Waals surface area contributed by atoms with E-state index in [-0.39, 0.29) is 18.4 Å². The fraction of sp³-hybridized carbons (Fsp3) is 0.467. The minimum absolute atomic E-state index is 0.0524. The number of aliphatic imine (C=N–C) groups is 1. The molecule has 0 aliphatic rings. The maximum Gasteiger partial charge on any atom is 0.243 e. The molecule has 0 aliphatic carbocycles. The number of hydrogen-bond acceptors (Lipinski definition) is 2. The van der Waals surface area contributed by atoms with Crippen LogP contribution in [0, 0.1) is 0 Å². The van der Waals surface area contributed by atoms with E-state index in [1.165, 1.54) is 10.5 Å². The van der Waals surface area contributed by atoms with Crippen LogP contribution in [0.5, 0.6) is 0 Å². The number of nitrogens with two attached hydrogens (primary N) is 1. The minimum atomic E-state index is -0.0816. The van der Waals surface area contributed by atoms with E-state index >= 15 is 0 Å². The summed E-state index contributed by atoms with van der Waals surface area (Å²) in [7, 11) is 3.38. The number of hydrogen-bond donors (Lipinski definition) is 2. The molecule has 1 rings (SSSR count). The quantitative estimate of drug-likeness (QED) is 0.638. The van der Waals surface area contributed by atoms with Crippen molar-refractivity contribution in [2.45, 2.75) is 26.2 Å². The Labute approximate surface area is 120 Å². The lowest BCUT2D eigenvalue weighted by Gasteiger charge is -2.11. The van der Waals surface area contributed by atoms with Gasteiger partial charge in [-0.1, -0.05) is 26.0 Å². The van der Waals surface area contributed by atoms with Crippen molar-refractivity contribution >= 4 is 17.6 Å². The molecule has 0 fully saturated rings. The van der Waals surface area contributed by atoms with Crippen LogP contribution in [0.4, 0.5) is 5.69 Å². The molecule has 1 aromatic rings. The van der Waals surface area contributed by atoms with Gasteiger partial charge in [-0.2, -0.15) is 0 Å². The lowest BCUT2D eigenvalue weighted by molar-refractivity contribution is -0.127. The maximum absolute atomic E-state index is 11.4. The predicted octanol–water partition coefficient (Wildman–Crippen LogP) is 2.01. The number of nitrogens with one attached hydrogen (secondary N) is 1. The summed E-state index contributed by atoms with van der Waals surface area (Å²) in [5.41, 5.74) is 7.92. The van der Waals surface area contributed by atoms with Crippen LogP contribution >= 0.6 is 0 Å². The summed E-state index contributed by atoms with van der Waals surface area (Å²) in [6.45, 7) is 4.42. The summed E-state index contributed by atoms with van der Waals surface area (Å²) in [6.07, 6.45) is 1.11. The fourth-order valence-corrected chi connectivity index (χ4v) is 1.61. The lowest BCUT2D eigenvalue weighted by Crippen LogP contribution is -2.28. The van der Waals surface area contributed by atoms with Gasteiger partial charge in [0.1, 0.15) is 6.54 Å². The summed E-state index contributed by atoms with van der Waals surface area (Å²) in [5.74, 6) is 0.714. The average Bonchev–Trinajstić information content (AvgIpc) is 2.44. The molecule has 3 N–H and O–H groups in total. The smallest absolute Gasteiger partial charge is 0.243 e. The Morgan fingerprint density at radius 3 is 2.45 bits per heavy atom. The molecule has 110 valence electrons. The van der Waals surface area contributed by atoms with Crippen molar-refractivity contribution in [2.24, 2.45) is 10.7 Å². The summed E-state index contributed by atoms with van der Waals surface area (Å²) >= 11 is 0. The molecule has 1 amide bonds. The van der Waals surface area contributed by atoms with E-state index in [1.54, 1.807) is 14.1 Å². The zero-order valence-electron chi connectivity index (χ0n) is 12.7. The Bertz CT molecular complexity index is 465. The van der Waals surface area contributed by atoms with Crippen molar-refractivity contribution in [1.82, 2.24) is 4.90 Å². The van der Waals surface area contributed by atoms with Gasteiger partial charge in [-0.25, -0.2) is 4.99 Å². The number of rotatable bonds is 5. The third-order valence-corrected chi connectivity index (χ3v) is 3.25. The van der Waals surface area contributed by atoms with E-state index < -0.39 is 0 Å². The molecule has 0 aliphatic heterocycles. The van der Waals surface area contributed by atoms with Gasteiger partial charge in [0.2, 0.25) is 5.91 Å². The molecule has 1 atom stereocenters. The highest BCUT2D eigenvalue weighted by Crippen LogP contribution is 2.20. The first-order valence-electron chi connectivity index (χ1n) is 6.81. The molecule has 0 radical (unpaired) electrons. The van der Waals surface area contributed by atoms with Crippen molar-refractivity contribution in [3.63, 3.8) is 0 Å². The van der Waals surface area contributed by atoms with Crippen LogP contribution in [-0.4, -0.2) is 37.4 Å². The van der Waals surface area contributed by atoms with Crippen molar-refractivity contribution in [3.05, 3.63) is 29.8 Å². The molecule has 0 saturated heterocycles. The number of carbonyl (C=O) groups excluding carboxylic acids is 1. The number of nitrogens with zero attached hydrogens (tertiary/aromatic N) is 2. The van der Waals surface area contributed by atoms with E-state index in [2.05, 4.69) is 36.3 Å². The monoisotopic (exact) mass is 276 g/mol. The second kappa shape index (κ2) is 7.53. The van der Waals surface area contributed by atoms with Crippen molar-refractivity contribution in [1.29, 1.82) is 0 Å². The van der Waals surface area contributed by atoms with Gasteiger partial charge >= 0.3 is 0 Å². The molecule has 0 spiro atoms. The topological polar surface area (TPSA) is 70.7 Å². The number of benzene rings is 1. The Morgan fingerprint density at radius 2 is 1.95 bits per heavy atom. The molecule has 0 saturated carbocycles. The molecule has 5 nitrogen and oxygen atoms in total. The van der Waals surface area contributed by atoms with Crippen LogP contribution in [0.25, 0.3) is 0 Å². The minimum Gasteiger partial charge on any atom is -0.370 e. The number of guanidine groups is 1. The van der Waals surface area contributed by atoms with Crippen molar-refractivity contribution in [2.75, 3.05) is 26.0 Å². The molecule has 0 heterocycles. The van der Waals surface area contributed by atoms with Crippen molar-refractivity contribution < 1.29 is 4.79 Å². The molecular weight excluding hydrogens is 252 g/mol. The summed E-state index contributed by atoms with van der Waals surface area (Å²) < 4.78 is 0. The third-order valence-electron chi connectivity index (χ3n) is 3.25. The van der Waals surface area contributed by atoms with Crippen LogP contribution in [0.15, 0.2) is 29.3 Å². The average molecular weight is 276 g/mol. The highest BCUT2D eigenvalue weighted by molar-refractivity contribution is 5.93. The lowest BCUT2D eigenvalue weighted by atomic mass is 9.99. The number of amides is 1.